The molecule has 0 bridgehead atoms. The Hall–Kier alpha value is -4.17. The zero-order valence-corrected chi connectivity index (χ0v) is 19.4. The van der Waals surface area contributed by atoms with Crippen molar-refractivity contribution in [1.29, 1.82) is 0 Å². The van der Waals surface area contributed by atoms with Gasteiger partial charge in [0.2, 0.25) is 6.79 Å². The number of methoxy groups -OCH3 is 1. The highest BCUT2D eigenvalue weighted by molar-refractivity contribution is 5.89. The summed E-state index contributed by atoms with van der Waals surface area (Å²) < 4.78 is 21.4. The molecule has 2 atom stereocenters. The van der Waals surface area contributed by atoms with E-state index >= 15 is 0 Å². The van der Waals surface area contributed by atoms with Crippen molar-refractivity contribution in [3.05, 3.63) is 89.0 Å². The van der Waals surface area contributed by atoms with Gasteiger partial charge in [-0.15, -0.1) is 0 Å². The Morgan fingerprint density at radius 1 is 1.09 bits per heavy atom. The average molecular weight is 475 g/mol. The van der Waals surface area contributed by atoms with Gasteiger partial charge in [0, 0.05) is 16.8 Å². The summed E-state index contributed by atoms with van der Waals surface area (Å²) in [7, 11) is 1.36. The lowest BCUT2D eigenvalue weighted by Gasteiger charge is -2.33. The molecule has 5 rings (SSSR count). The molecule has 3 aromatic rings. The van der Waals surface area contributed by atoms with E-state index < -0.39 is 5.97 Å². The van der Waals surface area contributed by atoms with Gasteiger partial charge in [0.25, 0.3) is 0 Å². The van der Waals surface area contributed by atoms with Gasteiger partial charge in [-0.25, -0.2) is 4.79 Å². The number of hydrogen-bond donors (Lipinski definition) is 3. The average Bonchev–Trinajstić information content (AvgIpc) is 3.37. The Labute approximate surface area is 203 Å². The molecule has 3 N–H and O–H groups in total. The second-order valence-corrected chi connectivity index (χ2v) is 8.11. The number of ether oxygens (including phenoxy) is 4. The van der Waals surface area contributed by atoms with Gasteiger partial charge in [0.05, 0.1) is 25.3 Å². The van der Waals surface area contributed by atoms with Gasteiger partial charge in [0.15, 0.2) is 23.0 Å². The van der Waals surface area contributed by atoms with Crippen LogP contribution in [-0.2, 0) is 4.74 Å². The van der Waals surface area contributed by atoms with Crippen molar-refractivity contribution >= 4 is 11.7 Å². The van der Waals surface area contributed by atoms with Crippen LogP contribution in [0.4, 0.5) is 0 Å². The highest BCUT2D eigenvalue weighted by atomic mass is 16.7. The van der Waals surface area contributed by atoms with Gasteiger partial charge < -0.3 is 29.4 Å². The van der Waals surface area contributed by atoms with Gasteiger partial charge in [-0.3, -0.25) is 5.32 Å². The highest BCUT2D eigenvalue weighted by Crippen LogP contribution is 2.40. The van der Waals surface area contributed by atoms with Crippen molar-refractivity contribution < 1.29 is 28.8 Å². The molecule has 0 radical (unpaired) electrons. The fraction of sp³-hybridized carbons (Fsp3) is 0.222. The topological polar surface area (TPSA) is 98.3 Å². The molecular formula is C27H26N2O6. The number of carbonyl (C=O) groups excluding carboxylic acids is 1. The van der Waals surface area contributed by atoms with E-state index in [0.29, 0.717) is 35.0 Å². The van der Waals surface area contributed by atoms with Crippen LogP contribution in [0.25, 0.3) is 5.70 Å². The first-order valence-electron chi connectivity index (χ1n) is 11.3. The lowest BCUT2D eigenvalue weighted by Crippen LogP contribution is -2.39. The monoisotopic (exact) mass is 474 g/mol. The number of rotatable bonds is 6. The third-order valence-corrected chi connectivity index (χ3v) is 5.99. The summed E-state index contributed by atoms with van der Waals surface area (Å²) in [6.45, 7) is 2.52. The van der Waals surface area contributed by atoms with Crippen LogP contribution in [0.1, 0.15) is 46.2 Å². The number of carbonyl (C=O) groups is 1. The normalized spacial score (nSPS) is 18.4. The number of phenolic OH excluding ortho intramolecular Hbond substituents is 1. The minimum atomic E-state index is -0.391. The zero-order valence-electron chi connectivity index (χ0n) is 19.4. The number of fused-ring (bicyclic) bond motifs is 1. The van der Waals surface area contributed by atoms with Crippen LogP contribution < -0.4 is 24.8 Å². The first-order valence-corrected chi connectivity index (χ1v) is 11.3. The first-order chi connectivity index (χ1) is 17.1. The smallest absolute Gasteiger partial charge is 0.337 e. The Bertz CT molecular complexity index is 1270. The SMILES string of the molecule is CCOc1cccc(C2C=C(c3ccc4c(c3)OCO4)NC(c3ccc(C(=O)OC)cc3)N2)c1O. The number of aromatic hydroxyl groups is 1. The molecular weight excluding hydrogens is 448 g/mol. The molecule has 0 spiro atoms. The van der Waals surface area contributed by atoms with E-state index in [1.807, 2.05) is 55.5 Å². The third-order valence-electron chi connectivity index (χ3n) is 5.99. The van der Waals surface area contributed by atoms with Crippen LogP contribution in [0.3, 0.4) is 0 Å². The lowest BCUT2D eigenvalue weighted by molar-refractivity contribution is 0.0600. The van der Waals surface area contributed by atoms with Crippen LogP contribution in [0.2, 0.25) is 0 Å². The van der Waals surface area contributed by atoms with Crippen molar-refractivity contribution in [2.75, 3.05) is 20.5 Å². The molecule has 3 aromatic carbocycles. The second-order valence-electron chi connectivity index (χ2n) is 8.11. The maximum absolute atomic E-state index is 11.9. The Morgan fingerprint density at radius 2 is 1.89 bits per heavy atom. The maximum atomic E-state index is 11.9. The van der Waals surface area contributed by atoms with Gasteiger partial charge in [-0.1, -0.05) is 24.3 Å². The number of benzene rings is 3. The van der Waals surface area contributed by atoms with Gasteiger partial charge in [-0.2, -0.15) is 0 Å². The molecule has 2 heterocycles. The predicted molar refractivity (Wildman–Crippen MR) is 129 cm³/mol. The van der Waals surface area contributed by atoms with Crippen molar-refractivity contribution in [3.8, 4) is 23.0 Å². The Kier molecular flexibility index (Phi) is 6.20. The number of para-hydroxylation sites is 1. The first kappa shape index (κ1) is 22.6. The number of esters is 1. The zero-order chi connectivity index (χ0) is 24.4. The van der Waals surface area contributed by atoms with Crippen molar-refractivity contribution in [3.63, 3.8) is 0 Å². The molecule has 0 saturated heterocycles. The van der Waals surface area contributed by atoms with Gasteiger partial charge >= 0.3 is 5.97 Å². The van der Waals surface area contributed by atoms with E-state index in [1.165, 1.54) is 7.11 Å². The minimum Gasteiger partial charge on any atom is -0.504 e. The summed E-state index contributed by atoms with van der Waals surface area (Å²) in [4.78, 5) is 11.9. The number of hydrogen-bond acceptors (Lipinski definition) is 8. The van der Waals surface area contributed by atoms with E-state index in [0.717, 1.165) is 16.8 Å². The summed E-state index contributed by atoms with van der Waals surface area (Å²) >= 11 is 0. The highest BCUT2D eigenvalue weighted by Gasteiger charge is 2.27. The largest absolute Gasteiger partial charge is 0.504 e. The van der Waals surface area contributed by atoms with E-state index in [1.54, 1.807) is 18.2 Å². The van der Waals surface area contributed by atoms with Crippen molar-refractivity contribution in [2.24, 2.45) is 0 Å². The molecule has 0 fully saturated rings. The maximum Gasteiger partial charge on any atom is 0.337 e. The van der Waals surface area contributed by atoms with E-state index in [9.17, 15) is 9.90 Å². The van der Waals surface area contributed by atoms with E-state index in [4.69, 9.17) is 18.9 Å². The van der Waals surface area contributed by atoms with Crippen LogP contribution >= 0.6 is 0 Å². The fourth-order valence-electron chi connectivity index (χ4n) is 4.23. The molecule has 2 aliphatic heterocycles. The summed E-state index contributed by atoms with van der Waals surface area (Å²) in [5.74, 6) is 1.52. The molecule has 0 saturated carbocycles. The number of nitrogens with one attached hydrogen (secondary N) is 2. The van der Waals surface area contributed by atoms with Crippen molar-refractivity contribution in [2.45, 2.75) is 19.1 Å². The molecule has 180 valence electrons. The number of phenols is 1. The van der Waals surface area contributed by atoms with Crippen LogP contribution in [-0.4, -0.2) is 31.6 Å². The summed E-state index contributed by atoms with van der Waals surface area (Å²) in [6.07, 6.45) is 1.70. The van der Waals surface area contributed by atoms with Crippen LogP contribution in [0, 0.1) is 0 Å². The molecule has 2 unspecified atom stereocenters. The Morgan fingerprint density at radius 3 is 2.66 bits per heavy atom. The van der Waals surface area contributed by atoms with Crippen molar-refractivity contribution in [1.82, 2.24) is 10.6 Å². The molecule has 35 heavy (non-hydrogen) atoms. The van der Waals surface area contributed by atoms with Gasteiger partial charge in [0.1, 0.15) is 6.17 Å². The molecule has 8 heteroatoms. The molecule has 0 aromatic heterocycles. The lowest BCUT2D eigenvalue weighted by atomic mass is 9.97. The molecule has 0 amide bonds. The summed E-state index contributed by atoms with van der Waals surface area (Å²) in [6, 6.07) is 18.1. The minimum absolute atomic E-state index is 0.0924. The Balaban J connectivity index is 1.53. The van der Waals surface area contributed by atoms with E-state index in [2.05, 4.69) is 10.6 Å². The summed E-state index contributed by atoms with van der Waals surface area (Å²) in [5.41, 5.74) is 3.84. The predicted octanol–water partition coefficient (Wildman–Crippen LogP) is 4.28. The molecule has 2 aliphatic rings. The van der Waals surface area contributed by atoms with E-state index in [-0.39, 0.29) is 24.8 Å². The fourth-order valence-corrected chi connectivity index (χ4v) is 4.23. The molecule has 8 nitrogen and oxygen atoms in total. The third kappa shape index (κ3) is 4.48. The van der Waals surface area contributed by atoms with Gasteiger partial charge in [-0.05, 0) is 55.0 Å². The second kappa shape index (κ2) is 9.60. The molecule has 0 aliphatic carbocycles. The standard InChI is InChI=1S/C27H26N2O6/c1-3-33-23-6-4-5-19(25(23)30)21-14-20(18-11-12-22-24(13-18)35-15-34-22)28-26(29-21)16-7-9-17(10-8-16)27(31)32-2/h4-14,21,26,28-30H,3,15H2,1-2H3. The quantitative estimate of drug-likeness (QED) is 0.456. The van der Waals surface area contributed by atoms with Crippen LogP contribution in [0.15, 0.2) is 66.7 Å². The van der Waals surface area contributed by atoms with Crippen LogP contribution in [0.5, 0.6) is 23.0 Å². The summed E-state index contributed by atoms with van der Waals surface area (Å²) in [5, 5.41) is 18.0.